The summed E-state index contributed by atoms with van der Waals surface area (Å²) in [4.78, 5) is 11.2. The Balaban J connectivity index is 2.26. The maximum Gasteiger partial charge on any atom is 0.188 e. The number of Topliss-reactive ketones (excluding diaryl/α,β-unsaturated/α-hetero) is 1. The highest BCUT2D eigenvalue weighted by molar-refractivity contribution is 6.08. The van der Waals surface area contributed by atoms with Gasteiger partial charge in [0.2, 0.25) is 0 Å². The van der Waals surface area contributed by atoms with Gasteiger partial charge in [-0.2, -0.15) is 0 Å². The number of rotatable bonds is 3. The van der Waals surface area contributed by atoms with E-state index in [1.165, 1.54) is 0 Å². The molecule has 0 N–H and O–H groups in total. The highest BCUT2D eigenvalue weighted by Crippen LogP contribution is 2.31. The lowest BCUT2D eigenvalue weighted by atomic mass is 9.86. The summed E-state index contributed by atoms with van der Waals surface area (Å²) in [5.74, 6) is 0.789. The molecule has 0 saturated carbocycles. The van der Waals surface area contributed by atoms with Crippen LogP contribution in [0.1, 0.15) is 15.9 Å². The summed E-state index contributed by atoms with van der Waals surface area (Å²) in [6.45, 7) is 0.184. The fourth-order valence-electron chi connectivity index (χ4n) is 1.44. The van der Waals surface area contributed by atoms with Crippen LogP contribution < -0.4 is 4.74 Å². The van der Waals surface area contributed by atoms with Gasteiger partial charge in [0.1, 0.15) is 5.75 Å². The molecule has 0 bridgehead atoms. The van der Waals surface area contributed by atoms with Gasteiger partial charge in [-0.1, -0.05) is 12.1 Å². The molecule has 0 aliphatic heterocycles. The first-order chi connectivity index (χ1) is 6.33. The number of ether oxygens (including phenoxy) is 2. The zero-order valence-electron chi connectivity index (χ0n) is 7.37. The van der Waals surface area contributed by atoms with Crippen molar-refractivity contribution >= 4 is 5.78 Å². The summed E-state index contributed by atoms with van der Waals surface area (Å²) in [5.41, 5.74) is 1.79. The van der Waals surface area contributed by atoms with Gasteiger partial charge in [0.05, 0.1) is 5.56 Å². The summed E-state index contributed by atoms with van der Waals surface area (Å²) < 4.78 is 10.0. The van der Waals surface area contributed by atoms with Gasteiger partial charge in [-0.25, -0.2) is 0 Å². The third-order valence-corrected chi connectivity index (χ3v) is 2.07. The average Bonchev–Trinajstić information content (AvgIpc) is 2.12. The van der Waals surface area contributed by atoms with Gasteiger partial charge < -0.3 is 9.47 Å². The molecule has 0 radical (unpaired) electrons. The molecule has 3 nitrogen and oxygen atoms in total. The molecule has 0 fully saturated rings. The van der Waals surface area contributed by atoms with Gasteiger partial charge in [-0.15, -0.1) is 0 Å². The summed E-state index contributed by atoms with van der Waals surface area (Å²) in [5, 5.41) is 0. The van der Waals surface area contributed by atoms with E-state index < -0.39 is 0 Å². The third kappa shape index (κ3) is 1.31. The van der Waals surface area contributed by atoms with Crippen molar-refractivity contribution in [1.82, 2.24) is 0 Å². The standard InChI is InChI=1S/C10H10O3/c1-12-6-13-9-4-2-3-7-5-8(11)10(7)9/h2-4H,5-6H2,1H3. The number of ketones is 1. The molecule has 0 unspecified atom stereocenters. The molecule has 2 rings (SSSR count). The first kappa shape index (κ1) is 8.26. The largest absolute Gasteiger partial charge is 0.467 e. The second-order valence-electron chi connectivity index (χ2n) is 2.94. The second-order valence-corrected chi connectivity index (χ2v) is 2.94. The normalized spacial score (nSPS) is 13.5. The molecule has 0 heterocycles. The van der Waals surface area contributed by atoms with Gasteiger partial charge in [0, 0.05) is 13.5 Å². The van der Waals surface area contributed by atoms with E-state index in [0.717, 1.165) is 11.1 Å². The fraction of sp³-hybridized carbons (Fsp3) is 0.300. The van der Waals surface area contributed by atoms with Crippen LogP contribution in [0.2, 0.25) is 0 Å². The topological polar surface area (TPSA) is 35.5 Å². The zero-order chi connectivity index (χ0) is 9.26. The lowest BCUT2D eigenvalue weighted by Crippen LogP contribution is -2.20. The predicted octanol–water partition coefficient (Wildman–Crippen LogP) is 1.41. The fourth-order valence-corrected chi connectivity index (χ4v) is 1.44. The van der Waals surface area contributed by atoms with Gasteiger partial charge in [0.15, 0.2) is 12.6 Å². The van der Waals surface area contributed by atoms with E-state index in [1.807, 2.05) is 12.1 Å². The smallest absolute Gasteiger partial charge is 0.188 e. The van der Waals surface area contributed by atoms with E-state index >= 15 is 0 Å². The third-order valence-electron chi connectivity index (χ3n) is 2.07. The highest BCUT2D eigenvalue weighted by Gasteiger charge is 2.26. The molecule has 3 heteroatoms. The van der Waals surface area contributed by atoms with Crippen LogP contribution in [0.15, 0.2) is 18.2 Å². The average molecular weight is 178 g/mol. The Labute approximate surface area is 76.3 Å². The molecular weight excluding hydrogens is 168 g/mol. The van der Waals surface area contributed by atoms with E-state index in [0.29, 0.717) is 12.2 Å². The summed E-state index contributed by atoms with van der Waals surface area (Å²) in [6.07, 6.45) is 0.541. The lowest BCUT2D eigenvalue weighted by Gasteiger charge is -2.20. The number of methoxy groups -OCH3 is 1. The number of hydrogen-bond acceptors (Lipinski definition) is 3. The van der Waals surface area contributed by atoms with Crippen LogP contribution in [-0.2, 0) is 11.2 Å². The maximum absolute atomic E-state index is 11.2. The van der Waals surface area contributed by atoms with Crippen LogP contribution in [0.4, 0.5) is 0 Å². The van der Waals surface area contributed by atoms with Crippen LogP contribution in [-0.4, -0.2) is 19.7 Å². The molecule has 0 amide bonds. The summed E-state index contributed by atoms with van der Waals surface area (Å²) >= 11 is 0. The SMILES string of the molecule is COCOc1cccc2c1C(=O)C2. The van der Waals surface area contributed by atoms with Crippen LogP contribution in [0.5, 0.6) is 5.75 Å². The van der Waals surface area contributed by atoms with E-state index in [-0.39, 0.29) is 12.6 Å². The summed E-state index contributed by atoms with van der Waals surface area (Å²) in [6, 6.07) is 5.61. The Morgan fingerprint density at radius 3 is 3.00 bits per heavy atom. The molecule has 1 aliphatic carbocycles. The number of fused-ring (bicyclic) bond motifs is 1. The monoisotopic (exact) mass is 178 g/mol. The van der Waals surface area contributed by atoms with E-state index in [1.54, 1.807) is 13.2 Å². The minimum atomic E-state index is 0.154. The molecule has 1 aromatic carbocycles. The Morgan fingerprint density at radius 2 is 2.31 bits per heavy atom. The van der Waals surface area contributed by atoms with Gasteiger partial charge in [-0.3, -0.25) is 4.79 Å². The number of benzene rings is 1. The van der Waals surface area contributed by atoms with Crippen molar-refractivity contribution in [1.29, 1.82) is 0 Å². The number of hydrogen-bond donors (Lipinski definition) is 0. The van der Waals surface area contributed by atoms with Crippen molar-refractivity contribution in [2.45, 2.75) is 6.42 Å². The van der Waals surface area contributed by atoms with Crippen LogP contribution in [0, 0.1) is 0 Å². The molecule has 1 aliphatic rings. The number of carbonyl (C=O) groups is 1. The lowest BCUT2D eigenvalue weighted by molar-refractivity contribution is 0.0498. The Kier molecular flexibility index (Phi) is 2.02. The molecule has 13 heavy (non-hydrogen) atoms. The molecular formula is C10H10O3. The second kappa shape index (κ2) is 3.18. The number of carbonyl (C=O) groups excluding carboxylic acids is 1. The van der Waals surface area contributed by atoms with E-state index in [9.17, 15) is 4.79 Å². The first-order valence-electron chi connectivity index (χ1n) is 4.09. The maximum atomic E-state index is 11.2. The van der Waals surface area contributed by atoms with Crippen molar-refractivity contribution in [3.63, 3.8) is 0 Å². The van der Waals surface area contributed by atoms with Gasteiger partial charge in [0.25, 0.3) is 0 Å². The quantitative estimate of drug-likeness (QED) is 0.656. The van der Waals surface area contributed by atoms with E-state index in [4.69, 9.17) is 9.47 Å². The van der Waals surface area contributed by atoms with Crippen LogP contribution in [0.25, 0.3) is 0 Å². The van der Waals surface area contributed by atoms with Gasteiger partial charge >= 0.3 is 0 Å². The Bertz CT molecular complexity index is 344. The van der Waals surface area contributed by atoms with E-state index in [2.05, 4.69) is 0 Å². The predicted molar refractivity (Wildman–Crippen MR) is 47.0 cm³/mol. The van der Waals surface area contributed by atoms with Crippen molar-refractivity contribution in [3.05, 3.63) is 29.3 Å². The highest BCUT2D eigenvalue weighted by atomic mass is 16.7. The zero-order valence-corrected chi connectivity index (χ0v) is 7.37. The van der Waals surface area contributed by atoms with Crippen molar-refractivity contribution < 1.29 is 14.3 Å². The molecule has 0 aromatic heterocycles. The Hall–Kier alpha value is -1.35. The van der Waals surface area contributed by atoms with Crippen molar-refractivity contribution in [3.8, 4) is 5.75 Å². The molecule has 0 atom stereocenters. The Morgan fingerprint density at radius 1 is 1.46 bits per heavy atom. The van der Waals surface area contributed by atoms with Crippen LogP contribution in [0.3, 0.4) is 0 Å². The molecule has 1 aromatic rings. The summed E-state index contributed by atoms with van der Waals surface area (Å²) in [7, 11) is 1.55. The molecule has 0 saturated heterocycles. The molecule has 0 spiro atoms. The minimum Gasteiger partial charge on any atom is -0.467 e. The van der Waals surface area contributed by atoms with Crippen LogP contribution >= 0.6 is 0 Å². The van der Waals surface area contributed by atoms with Crippen molar-refractivity contribution in [2.24, 2.45) is 0 Å². The van der Waals surface area contributed by atoms with Crippen molar-refractivity contribution in [2.75, 3.05) is 13.9 Å². The van der Waals surface area contributed by atoms with Gasteiger partial charge in [-0.05, 0) is 11.6 Å². The first-order valence-corrected chi connectivity index (χ1v) is 4.09. The molecule has 68 valence electrons. The minimum absolute atomic E-state index is 0.154.